The summed E-state index contributed by atoms with van der Waals surface area (Å²) in [7, 11) is 0. The minimum absolute atomic E-state index is 0.0661. The number of hydrogen-bond acceptors (Lipinski definition) is 3. The fourth-order valence-corrected chi connectivity index (χ4v) is 3.00. The van der Waals surface area contributed by atoms with E-state index in [4.69, 9.17) is 9.84 Å². The van der Waals surface area contributed by atoms with Crippen LogP contribution in [0, 0.1) is 5.92 Å². The number of ether oxygens (including phenoxy) is 1. The van der Waals surface area contributed by atoms with Crippen LogP contribution in [0.15, 0.2) is 0 Å². The zero-order valence-electron chi connectivity index (χ0n) is 10.5. The molecule has 0 spiro atoms. The highest BCUT2D eigenvalue weighted by atomic mass is 19.4. The molecular weight excluding hydrogens is 263 g/mol. The molecule has 1 aliphatic heterocycles. The lowest BCUT2D eigenvalue weighted by Crippen LogP contribution is -2.55. The first-order valence-corrected chi connectivity index (χ1v) is 6.52. The molecule has 0 aromatic carbocycles. The van der Waals surface area contributed by atoms with Crippen LogP contribution in [0.5, 0.6) is 0 Å². The normalized spacial score (nSPS) is 34.2. The number of carboxylic acid groups (broad SMARTS) is 1. The van der Waals surface area contributed by atoms with E-state index in [0.717, 1.165) is 0 Å². The Bertz CT molecular complexity index is 327. The second kappa shape index (κ2) is 5.66. The summed E-state index contributed by atoms with van der Waals surface area (Å²) < 4.78 is 42.9. The average molecular weight is 281 g/mol. The molecule has 0 amide bonds. The van der Waals surface area contributed by atoms with Gasteiger partial charge in [-0.05, 0) is 25.7 Å². The van der Waals surface area contributed by atoms with Crippen LogP contribution in [0.4, 0.5) is 13.2 Å². The first-order chi connectivity index (χ1) is 8.89. The minimum atomic E-state index is -4.12. The van der Waals surface area contributed by atoms with Crippen LogP contribution >= 0.6 is 0 Å². The molecule has 1 N–H and O–H groups in total. The predicted molar refractivity (Wildman–Crippen MR) is 60.7 cm³/mol. The van der Waals surface area contributed by atoms with Crippen LogP contribution in [0.25, 0.3) is 0 Å². The number of carbonyl (C=O) groups is 1. The SMILES string of the molecule is O=C(O)C1COCCN1C1CCC(C(F)(F)F)CC1. The van der Waals surface area contributed by atoms with E-state index in [1.165, 1.54) is 0 Å². The van der Waals surface area contributed by atoms with Crippen molar-refractivity contribution in [3.8, 4) is 0 Å². The molecule has 2 aliphatic rings. The lowest BCUT2D eigenvalue weighted by atomic mass is 9.84. The summed E-state index contributed by atoms with van der Waals surface area (Å²) in [5.41, 5.74) is 0. The van der Waals surface area contributed by atoms with Gasteiger partial charge in [-0.3, -0.25) is 9.69 Å². The molecular formula is C12H18F3NO3. The number of morpholine rings is 1. The molecule has 0 bridgehead atoms. The molecule has 1 atom stereocenters. The molecule has 0 radical (unpaired) electrons. The molecule has 2 rings (SSSR count). The number of aliphatic carboxylic acids is 1. The van der Waals surface area contributed by atoms with Gasteiger partial charge >= 0.3 is 12.1 Å². The Morgan fingerprint density at radius 1 is 1.21 bits per heavy atom. The number of rotatable bonds is 2. The monoisotopic (exact) mass is 281 g/mol. The Morgan fingerprint density at radius 2 is 1.84 bits per heavy atom. The fourth-order valence-electron chi connectivity index (χ4n) is 3.00. The van der Waals surface area contributed by atoms with Gasteiger partial charge in [-0.1, -0.05) is 0 Å². The maximum atomic E-state index is 12.6. The second-order valence-corrected chi connectivity index (χ2v) is 5.21. The van der Waals surface area contributed by atoms with Crippen molar-refractivity contribution in [1.82, 2.24) is 4.90 Å². The number of nitrogens with zero attached hydrogens (tertiary/aromatic N) is 1. The van der Waals surface area contributed by atoms with Crippen LogP contribution in [0.1, 0.15) is 25.7 Å². The summed E-state index contributed by atoms with van der Waals surface area (Å²) in [6.45, 7) is 1.05. The van der Waals surface area contributed by atoms with Crippen molar-refractivity contribution in [2.24, 2.45) is 5.92 Å². The van der Waals surface area contributed by atoms with E-state index in [9.17, 15) is 18.0 Å². The van der Waals surface area contributed by atoms with Gasteiger partial charge in [0.2, 0.25) is 0 Å². The Morgan fingerprint density at radius 3 is 2.37 bits per heavy atom. The number of alkyl halides is 3. The van der Waals surface area contributed by atoms with Crippen LogP contribution in [-0.4, -0.2) is 54.0 Å². The zero-order valence-corrected chi connectivity index (χ0v) is 10.5. The van der Waals surface area contributed by atoms with E-state index in [2.05, 4.69) is 0 Å². The van der Waals surface area contributed by atoms with Crippen molar-refractivity contribution in [1.29, 1.82) is 0 Å². The van der Waals surface area contributed by atoms with Gasteiger partial charge in [0.15, 0.2) is 0 Å². The molecule has 0 aromatic heterocycles. The minimum Gasteiger partial charge on any atom is -0.480 e. The third kappa shape index (κ3) is 3.39. The predicted octanol–water partition coefficient (Wildman–Crippen LogP) is 1.89. The molecule has 1 saturated heterocycles. The molecule has 1 aliphatic carbocycles. The van der Waals surface area contributed by atoms with Crippen LogP contribution in [0.2, 0.25) is 0 Å². The van der Waals surface area contributed by atoms with Crippen molar-refractivity contribution in [3.05, 3.63) is 0 Å². The van der Waals surface area contributed by atoms with Gasteiger partial charge in [0.1, 0.15) is 6.04 Å². The van der Waals surface area contributed by atoms with Crippen LogP contribution in [-0.2, 0) is 9.53 Å². The topological polar surface area (TPSA) is 49.8 Å². The highest BCUT2D eigenvalue weighted by molar-refractivity contribution is 5.73. The van der Waals surface area contributed by atoms with E-state index in [1.54, 1.807) is 4.90 Å². The first-order valence-electron chi connectivity index (χ1n) is 6.52. The van der Waals surface area contributed by atoms with E-state index >= 15 is 0 Å². The fraction of sp³-hybridized carbons (Fsp3) is 0.917. The number of hydrogen-bond donors (Lipinski definition) is 1. The maximum absolute atomic E-state index is 12.6. The third-order valence-electron chi connectivity index (χ3n) is 4.08. The zero-order chi connectivity index (χ0) is 14.0. The Kier molecular flexibility index (Phi) is 4.35. The molecule has 1 unspecified atom stereocenters. The lowest BCUT2D eigenvalue weighted by Gasteiger charge is -2.42. The van der Waals surface area contributed by atoms with Crippen LogP contribution < -0.4 is 0 Å². The third-order valence-corrected chi connectivity index (χ3v) is 4.08. The van der Waals surface area contributed by atoms with E-state index < -0.39 is 24.1 Å². The maximum Gasteiger partial charge on any atom is 0.391 e. The van der Waals surface area contributed by atoms with Crippen molar-refractivity contribution < 1.29 is 27.8 Å². The van der Waals surface area contributed by atoms with Gasteiger partial charge in [0.05, 0.1) is 19.1 Å². The summed E-state index contributed by atoms with van der Waals surface area (Å²) in [5.74, 6) is -2.19. The molecule has 7 heteroatoms. The van der Waals surface area contributed by atoms with Gasteiger partial charge in [0.25, 0.3) is 0 Å². The van der Waals surface area contributed by atoms with Crippen molar-refractivity contribution in [2.45, 2.75) is 43.9 Å². The highest BCUT2D eigenvalue weighted by Gasteiger charge is 2.43. The summed E-state index contributed by atoms with van der Waals surface area (Å²) in [5, 5.41) is 9.12. The summed E-state index contributed by atoms with van der Waals surface area (Å²) in [6, 6.07) is -0.787. The molecule has 2 fully saturated rings. The Balaban J connectivity index is 1.94. The summed E-state index contributed by atoms with van der Waals surface area (Å²) in [4.78, 5) is 12.9. The molecule has 0 aromatic rings. The van der Waals surface area contributed by atoms with E-state index in [1.807, 2.05) is 0 Å². The number of halogens is 3. The second-order valence-electron chi connectivity index (χ2n) is 5.21. The molecule has 110 valence electrons. The average Bonchev–Trinajstić information content (AvgIpc) is 2.38. The van der Waals surface area contributed by atoms with Gasteiger partial charge in [-0.15, -0.1) is 0 Å². The van der Waals surface area contributed by atoms with Crippen molar-refractivity contribution in [2.75, 3.05) is 19.8 Å². The molecule has 19 heavy (non-hydrogen) atoms. The smallest absolute Gasteiger partial charge is 0.391 e. The van der Waals surface area contributed by atoms with Gasteiger partial charge in [-0.2, -0.15) is 13.2 Å². The molecule has 4 nitrogen and oxygen atoms in total. The van der Waals surface area contributed by atoms with E-state index in [-0.39, 0.29) is 25.5 Å². The summed E-state index contributed by atoms with van der Waals surface area (Å²) in [6.07, 6.45) is -3.11. The van der Waals surface area contributed by atoms with Crippen molar-refractivity contribution >= 4 is 5.97 Å². The van der Waals surface area contributed by atoms with Gasteiger partial charge in [-0.25, -0.2) is 0 Å². The quantitative estimate of drug-likeness (QED) is 0.840. The Labute approximate surface area is 109 Å². The molecule has 1 heterocycles. The summed E-state index contributed by atoms with van der Waals surface area (Å²) >= 11 is 0. The Hall–Kier alpha value is -0.820. The number of carboxylic acids is 1. The first kappa shape index (κ1) is 14.6. The lowest BCUT2D eigenvalue weighted by molar-refractivity contribution is -0.187. The standard InChI is InChI=1S/C12H18F3NO3/c13-12(14,15)8-1-3-9(4-2-8)16-5-6-19-7-10(16)11(17)18/h8-10H,1-7H2,(H,17,18). The van der Waals surface area contributed by atoms with Crippen molar-refractivity contribution in [3.63, 3.8) is 0 Å². The highest BCUT2D eigenvalue weighted by Crippen LogP contribution is 2.39. The largest absolute Gasteiger partial charge is 0.480 e. The van der Waals surface area contributed by atoms with E-state index in [0.29, 0.717) is 26.0 Å². The molecule has 1 saturated carbocycles. The van der Waals surface area contributed by atoms with Gasteiger partial charge < -0.3 is 9.84 Å². The van der Waals surface area contributed by atoms with Gasteiger partial charge in [0, 0.05) is 12.6 Å². The van der Waals surface area contributed by atoms with Crippen LogP contribution in [0.3, 0.4) is 0 Å².